The standard InChI is InChI=1S/C12H22N2O4/c1-3-8(4-2)6-13-12(18)14-7-9(15)5-10(14)11(16)17/h8-10,15H,3-7H2,1-2H3,(H,13,18)(H,16,17)/t9?,10-/m0/s1. The lowest BCUT2D eigenvalue weighted by atomic mass is 10.0. The summed E-state index contributed by atoms with van der Waals surface area (Å²) < 4.78 is 0. The highest BCUT2D eigenvalue weighted by Gasteiger charge is 2.38. The number of hydrogen-bond acceptors (Lipinski definition) is 3. The van der Waals surface area contributed by atoms with Gasteiger partial charge in [0.1, 0.15) is 6.04 Å². The molecule has 0 aliphatic carbocycles. The number of nitrogens with zero attached hydrogens (tertiary/aromatic N) is 1. The second-order valence-corrected chi connectivity index (χ2v) is 4.76. The molecule has 6 nitrogen and oxygen atoms in total. The number of carbonyl (C=O) groups excluding carboxylic acids is 1. The van der Waals surface area contributed by atoms with Crippen LogP contribution in [0.25, 0.3) is 0 Å². The van der Waals surface area contributed by atoms with Crippen molar-refractivity contribution in [2.75, 3.05) is 13.1 Å². The second-order valence-electron chi connectivity index (χ2n) is 4.76. The van der Waals surface area contributed by atoms with Gasteiger partial charge in [0.2, 0.25) is 0 Å². The first-order valence-electron chi connectivity index (χ1n) is 6.44. The summed E-state index contributed by atoms with van der Waals surface area (Å²) in [7, 11) is 0. The third-order valence-corrected chi connectivity index (χ3v) is 3.52. The summed E-state index contributed by atoms with van der Waals surface area (Å²) in [4.78, 5) is 24.1. The number of urea groups is 1. The smallest absolute Gasteiger partial charge is 0.326 e. The summed E-state index contributed by atoms with van der Waals surface area (Å²) in [5.41, 5.74) is 0. The zero-order valence-electron chi connectivity index (χ0n) is 10.9. The first-order chi connectivity index (χ1) is 8.49. The van der Waals surface area contributed by atoms with Crippen molar-refractivity contribution >= 4 is 12.0 Å². The maximum atomic E-state index is 11.9. The van der Waals surface area contributed by atoms with Gasteiger partial charge in [0, 0.05) is 19.5 Å². The molecule has 0 aromatic rings. The Kier molecular flexibility index (Phi) is 5.40. The number of likely N-dealkylation sites (tertiary alicyclic amines) is 1. The molecule has 18 heavy (non-hydrogen) atoms. The van der Waals surface area contributed by atoms with Gasteiger partial charge in [-0.2, -0.15) is 0 Å². The Bertz CT molecular complexity index is 304. The fraction of sp³-hybridized carbons (Fsp3) is 0.833. The Hall–Kier alpha value is -1.30. The van der Waals surface area contributed by atoms with Crippen molar-refractivity contribution in [2.45, 2.75) is 45.3 Å². The molecule has 1 rings (SSSR count). The number of aliphatic carboxylic acids is 1. The van der Waals surface area contributed by atoms with Crippen LogP contribution in [0.5, 0.6) is 0 Å². The monoisotopic (exact) mass is 258 g/mol. The van der Waals surface area contributed by atoms with Crippen molar-refractivity contribution in [3.05, 3.63) is 0 Å². The van der Waals surface area contributed by atoms with Crippen molar-refractivity contribution in [2.24, 2.45) is 5.92 Å². The van der Waals surface area contributed by atoms with Gasteiger partial charge >= 0.3 is 12.0 Å². The molecule has 1 unspecified atom stereocenters. The van der Waals surface area contributed by atoms with Crippen LogP contribution in [0, 0.1) is 5.92 Å². The van der Waals surface area contributed by atoms with Crippen LogP contribution in [0.1, 0.15) is 33.1 Å². The summed E-state index contributed by atoms with van der Waals surface area (Å²) in [6.07, 6.45) is 1.31. The highest BCUT2D eigenvalue weighted by atomic mass is 16.4. The van der Waals surface area contributed by atoms with Gasteiger partial charge in [-0.05, 0) is 5.92 Å². The largest absolute Gasteiger partial charge is 0.480 e. The Morgan fingerprint density at radius 1 is 1.39 bits per heavy atom. The molecule has 6 heteroatoms. The van der Waals surface area contributed by atoms with E-state index in [1.807, 2.05) is 0 Å². The molecule has 0 aromatic heterocycles. The maximum absolute atomic E-state index is 11.9. The molecule has 2 amide bonds. The zero-order chi connectivity index (χ0) is 13.7. The summed E-state index contributed by atoms with van der Waals surface area (Å²) in [5.74, 6) is -0.658. The van der Waals surface area contributed by atoms with E-state index in [9.17, 15) is 14.7 Å². The molecule has 1 heterocycles. The van der Waals surface area contributed by atoms with Gasteiger partial charge in [-0.3, -0.25) is 0 Å². The molecule has 0 radical (unpaired) electrons. The number of amides is 2. The topological polar surface area (TPSA) is 89.9 Å². The van der Waals surface area contributed by atoms with Gasteiger partial charge < -0.3 is 20.4 Å². The van der Waals surface area contributed by atoms with Crippen LogP contribution in [0.15, 0.2) is 0 Å². The quantitative estimate of drug-likeness (QED) is 0.675. The van der Waals surface area contributed by atoms with Crippen LogP contribution in [0.2, 0.25) is 0 Å². The van der Waals surface area contributed by atoms with E-state index in [0.717, 1.165) is 12.8 Å². The molecular formula is C12H22N2O4. The summed E-state index contributed by atoms with van der Waals surface area (Å²) >= 11 is 0. The lowest BCUT2D eigenvalue weighted by molar-refractivity contribution is -0.141. The molecule has 104 valence electrons. The average Bonchev–Trinajstić information content (AvgIpc) is 2.72. The highest BCUT2D eigenvalue weighted by Crippen LogP contribution is 2.18. The Morgan fingerprint density at radius 3 is 2.50 bits per heavy atom. The second kappa shape index (κ2) is 6.58. The van der Waals surface area contributed by atoms with Gasteiger partial charge in [-0.1, -0.05) is 26.7 Å². The first-order valence-corrected chi connectivity index (χ1v) is 6.44. The zero-order valence-corrected chi connectivity index (χ0v) is 10.9. The van der Waals surface area contributed by atoms with E-state index >= 15 is 0 Å². The highest BCUT2D eigenvalue weighted by molar-refractivity contribution is 5.83. The van der Waals surface area contributed by atoms with E-state index in [1.165, 1.54) is 4.90 Å². The average molecular weight is 258 g/mol. The number of rotatable bonds is 5. The van der Waals surface area contributed by atoms with Crippen LogP contribution in [-0.4, -0.2) is 52.3 Å². The number of aliphatic hydroxyl groups excluding tert-OH is 1. The van der Waals surface area contributed by atoms with Gasteiger partial charge in [0.15, 0.2) is 0 Å². The summed E-state index contributed by atoms with van der Waals surface area (Å²) in [5, 5.41) is 21.2. The molecule has 0 aromatic carbocycles. The number of β-amino-alcohol motifs (C(OH)–C–C–N with tert-alkyl or cyclic N) is 1. The molecule has 0 saturated carbocycles. The number of carboxylic acid groups (broad SMARTS) is 1. The molecule has 1 saturated heterocycles. The van der Waals surface area contributed by atoms with Gasteiger partial charge in [-0.15, -0.1) is 0 Å². The van der Waals surface area contributed by atoms with Crippen molar-refractivity contribution in [3.63, 3.8) is 0 Å². The lowest BCUT2D eigenvalue weighted by Crippen LogP contribution is -2.47. The van der Waals surface area contributed by atoms with E-state index in [1.54, 1.807) is 0 Å². The fourth-order valence-corrected chi connectivity index (χ4v) is 2.18. The molecule has 0 bridgehead atoms. The maximum Gasteiger partial charge on any atom is 0.326 e. The van der Waals surface area contributed by atoms with Crippen molar-refractivity contribution in [1.82, 2.24) is 10.2 Å². The van der Waals surface area contributed by atoms with E-state index in [4.69, 9.17) is 5.11 Å². The van der Waals surface area contributed by atoms with Crippen LogP contribution in [0.4, 0.5) is 4.79 Å². The molecule has 0 spiro atoms. The SMILES string of the molecule is CCC(CC)CNC(=O)N1CC(O)C[C@H]1C(=O)O. The van der Waals surface area contributed by atoms with Crippen LogP contribution >= 0.6 is 0 Å². The van der Waals surface area contributed by atoms with Gasteiger partial charge in [0.05, 0.1) is 6.10 Å². The minimum absolute atomic E-state index is 0.0890. The molecule has 1 aliphatic heterocycles. The minimum Gasteiger partial charge on any atom is -0.480 e. The van der Waals surface area contributed by atoms with Crippen LogP contribution < -0.4 is 5.32 Å². The van der Waals surface area contributed by atoms with Gasteiger partial charge in [0.25, 0.3) is 0 Å². The number of nitrogens with one attached hydrogen (secondary N) is 1. The van der Waals surface area contributed by atoms with Crippen molar-refractivity contribution in [1.29, 1.82) is 0 Å². The number of aliphatic hydroxyl groups is 1. The first kappa shape index (κ1) is 14.8. The predicted molar refractivity (Wildman–Crippen MR) is 66.2 cm³/mol. The van der Waals surface area contributed by atoms with E-state index in [2.05, 4.69) is 19.2 Å². The van der Waals surface area contributed by atoms with Crippen molar-refractivity contribution < 1.29 is 19.8 Å². The number of carboxylic acids is 1. The third kappa shape index (κ3) is 3.60. The van der Waals surface area contributed by atoms with E-state index in [0.29, 0.717) is 12.5 Å². The summed E-state index contributed by atoms with van der Waals surface area (Å²) in [6.45, 7) is 4.75. The fourth-order valence-electron chi connectivity index (χ4n) is 2.18. The van der Waals surface area contributed by atoms with E-state index in [-0.39, 0.29) is 13.0 Å². The Balaban J connectivity index is 2.52. The molecule has 3 N–H and O–H groups in total. The number of carbonyl (C=O) groups is 2. The molecular weight excluding hydrogens is 236 g/mol. The lowest BCUT2D eigenvalue weighted by Gasteiger charge is -2.23. The minimum atomic E-state index is -1.07. The summed E-state index contributed by atoms with van der Waals surface area (Å²) in [6, 6.07) is -1.31. The third-order valence-electron chi connectivity index (χ3n) is 3.52. The normalized spacial score (nSPS) is 23.4. The Morgan fingerprint density at radius 2 is 2.00 bits per heavy atom. The number of hydrogen-bond donors (Lipinski definition) is 3. The van der Waals surface area contributed by atoms with Crippen LogP contribution in [-0.2, 0) is 4.79 Å². The molecule has 2 atom stereocenters. The van der Waals surface area contributed by atoms with Gasteiger partial charge in [-0.25, -0.2) is 9.59 Å². The van der Waals surface area contributed by atoms with Crippen molar-refractivity contribution in [3.8, 4) is 0 Å². The molecule has 1 aliphatic rings. The molecule has 1 fully saturated rings. The van der Waals surface area contributed by atoms with Crippen LogP contribution in [0.3, 0.4) is 0 Å². The van der Waals surface area contributed by atoms with E-state index < -0.39 is 24.1 Å². The predicted octanol–water partition coefficient (Wildman–Crippen LogP) is 0.652. The Labute approximate surface area is 107 Å².